The van der Waals surface area contributed by atoms with E-state index in [2.05, 4.69) is 21.2 Å². The number of hydrogen-bond donors (Lipinski definition) is 1. The fraction of sp³-hybridized carbons (Fsp3) is 0.278. The molecular formula is C18H20BrNO2. The van der Waals surface area contributed by atoms with Crippen LogP contribution in [-0.4, -0.2) is 13.1 Å². The summed E-state index contributed by atoms with van der Waals surface area (Å²) in [6, 6.07) is 17.6. The van der Waals surface area contributed by atoms with E-state index in [4.69, 9.17) is 4.74 Å². The number of halogens is 1. The Morgan fingerprint density at radius 3 is 2.23 bits per heavy atom. The lowest BCUT2D eigenvalue weighted by Gasteiger charge is -2.33. The maximum atomic E-state index is 12.2. The van der Waals surface area contributed by atoms with Gasteiger partial charge < -0.3 is 10.1 Å². The van der Waals surface area contributed by atoms with Crippen molar-refractivity contribution in [3.63, 3.8) is 0 Å². The van der Waals surface area contributed by atoms with E-state index in [9.17, 15) is 4.79 Å². The lowest BCUT2D eigenvalue weighted by atomic mass is 9.80. The average Bonchev–Trinajstić information content (AvgIpc) is 2.53. The van der Waals surface area contributed by atoms with Crippen molar-refractivity contribution < 1.29 is 9.53 Å². The molecule has 0 aromatic heterocycles. The van der Waals surface area contributed by atoms with E-state index >= 15 is 0 Å². The minimum absolute atomic E-state index is 0.199. The third-order valence-corrected chi connectivity index (χ3v) is 4.25. The summed E-state index contributed by atoms with van der Waals surface area (Å²) in [4.78, 5) is 12.2. The second-order valence-electron chi connectivity index (χ2n) is 5.71. The summed E-state index contributed by atoms with van der Waals surface area (Å²) >= 11 is 3.44. The molecule has 2 aromatic rings. The van der Waals surface area contributed by atoms with Crippen LogP contribution in [0.2, 0.25) is 0 Å². The molecule has 1 unspecified atom stereocenters. The Labute approximate surface area is 139 Å². The molecule has 0 aliphatic heterocycles. The molecule has 0 bridgehead atoms. The zero-order chi connectivity index (χ0) is 16.2. The first-order valence-corrected chi connectivity index (χ1v) is 7.90. The van der Waals surface area contributed by atoms with Crippen molar-refractivity contribution in [3.8, 4) is 0 Å². The van der Waals surface area contributed by atoms with Crippen LogP contribution in [0.1, 0.15) is 25.5 Å². The largest absolute Gasteiger partial charge is 0.469 e. The highest BCUT2D eigenvalue weighted by atomic mass is 79.9. The first-order valence-electron chi connectivity index (χ1n) is 7.10. The monoisotopic (exact) mass is 361 g/mol. The summed E-state index contributed by atoms with van der Waals surface area (Å²) in [5.41, 5.74) is 1.29. The Bertz CT molecular complexity index is 623. The second-order valence-corrected chi connectivity index (χ2v) is 6.62. The van der Waals surface area contributed by atoms with Crippen molar-refractivity contribution in [2.24, 2.45) is 5.41 Å². The van der Waals surface area contributed by atoms with E-state index in [0.29, 0.717) is 0 Å². The van der Waals surface area contributed by atoms with Gasteiger partial charge in [-0.25, -0.2) is 0 Å². The van der Waals surface area contributed by atoms with Gasteiger partial charge in [-0.2, -0.15) is 0 Å². The number of rotatable bonds is 5. The first kappa shape index (κ1) is 16.6. The summed E-state index contributed by atoms with van der Waals surface area (Å²) in [5, 5.41) is 3.45. The number of nitrogens with one attached hydrogen (secondary N) is 1. The van der Waals surface area contributed by atoms with Crippen LogP contribution < -0.4 is 5.32 Å². The molecule has 1 atom stereocenters. The van der Waals surface area contributed by atoms with E-state index < -0.39 is 5.41 Å². The van der Waals surface area contributed by atoms with Crippen LogP contribution in [0.15, 0.2) is 59.1 Å². The number of anilines is 1. The normalized spacial score (nSPS) is 12.5. The molecule has 4 heteroatoms. The molecule has 22 heavy (non-hydrogen) atoms. The molecule has 0 fully saturated rings. The number of carbonyl (C=O) groups excluding carboxylic acids is 1. The Balaban J connectivity index is 2.40. The van der Waals surface area contributed by atoms with E-state index in [0.717, 1.165) is 15.7 Å². The molecule has 0 aliphatic rings. The SMILES string of the molecule is COC(=O)C(C)(C)C(Nc1ccccc1)c1ccc(Br)cc1. The molecule has 0 saturated carbocycles. The standard InChI is InChI=1S/C18H20BrNO2/c1-18(2,17(21)22-3)16(13-9-11-14(19)12-10-13)20-15-7-5-4-6-8-15/h4-12,16,20H,1-3H3. The van der Waals surface area contributed by atoms with Crippen LogP contribution >= 0.6 is 15.9 Å². The van der Waals surface area contributed by atoms with Crippen LogP contribution in [0.4, 0.5) is 5.69 Å². The summed E-state index contributed by atoms with van der Waals surface area (Å²) in [5.74, 6) is -0.246. The summed E-state index contributed by atoms with van der Waals surface area (Å²) < 4.78 is 6.00. The summed E-state index contributed by atoms with van der Waals surface area (Å²) in [6.45, 7) is 3.78. The van der Waals surface area contributed by atoms with Gasteiger partial charge >= 0.3 is 5.97 Å². The summed E-state index contributed by atoms with van der Waals surface area (Å²) in [7, 11) is 1.42. The Hall–Kier alpha value is -1.81. The van der Waals surface area contributed by atoms with Gasteiger partial charge in [-0.15, -0.1) is 0 Å². The summed E-state index contributed by atoms with van der Waals surface area (Å²) in [6.07, 6.45) is 0. The smallest absolute Gasteiger partial charge is 0.313 e. The number of methoxy groups -OCH3 is 1. The number of para-hydroxylation sites is 1. The van der Waals surface area contributed by atoms with Crippen LogP contribution in [-0.2, 0) is 9.53 Å². The van der Waals surface area contributed by atoms with Crippen molar-refractivity contribution >= 4 is 27.6 Å². The van der Waals surface area contributed by atoms with E-state index in [-0.39, 0.29) is 12.0 Å². The van der Waals surface area contributed by atoms with E-state index in [1.165, 1.54) is 7.11 Å². The van der Waals surface area contributed by atoms with Gasteiger partial charge in [-0.3, -0.25) is 4.79 Å². The van der Waals surface area contributed by atoms with E-state index in [1.807, 2.05) is 68.4 Å². The first-order chi connectivity index (χ1) is 10.4. The van der Waals surface area contributed by atoms with Crippen molar-refractivity contribution in [3.05, 3.63) is 64.6 Å². The van der Waals surface area contributed by atoms with Crippen LogP contribution in [0, 0.1) is 5.41 Å². The van der Waals surface area contributed by atoms with Crippen molar-refractivity contribution in [1.29, 1.82) is 0 Å². The zero-order valence-electron chi connectivity index (χ0n) is 13.0. The van der Waals surface area contributed by atoms with Gasteiger partial charge in [-0.1, -0.05) is 46.3 Å². The molecule has 0 heterocycles. The third kappa shape index (κ3) is 3.69. The molecule has 0 amide bonds. The number of esters is 1. The average molecular weight is 362 g/mol. The third-order valence-electron chi connectivity index (χ3n) is 3.72. The fourth-order valence-corrected chi connectivity index (χ4v) is 2.68. The molecule has 1 N–H and O–H groups in total. The number of carbonyl (C=O) groups is 1. The molecule has 2 aromatic carbocycles. The maximum Gasteiger partial charge on any atom is 0.313 e. The minimum Gasteiger partial charge on any atom is -0.469 e. The Morgan fingerprint density at radius 2 is 1.68 bits per heavy atom. The molecule has 0 radical (unpaired) electrons. The van der Waals surface area contributed by atoms with Crippen molar-refractivity contribution in [2.45, 2.75) is 19.9 Å². The molecule has 0 aliphatic carbocycles. The highest BCUT2D eigenvalue weighted by Gasteiger charge is 2.39. The molecule has 0 saturated heterocycles. The van der Waals surface area contributed by atoms with Crippen molar-refractivity contribution in [2.75, 3.05) is 12.4 Å². The van der Waals surface area contributed by atoms with Gasteiger partial charge in [0.05, 0.1) is 18.6 Å². The molecule has 2 rings (SSSR count). The predicted octanol–water partition coefficient (Wildman–Crippen LogP) is 4.80. The molecule has 0 spiro atoms. The lowest BCUT2D eigenvalue weighted by Crippen LogP contribution is -2.36. The van der Waals surface area contributed by atoms with Gasteiger partial charge in [0.25, 0.3) is 0 Å². The van der Waals surface area contributed by atoms with Gasteiger partial charge in [0.1, 0.15) is 0 Å². The van der Waals surface area contributed by atoms with E-state index in [1.54, 1.807) is 0 Å². The second kappa shape index (κ2) is 6.97. The lowest BCUT2D eigenvalue weighted by molar-refractivity contribution is -0.151. The Kier molecular flexibility index (Phi) is 5.24. The van der Waals surface area contributed by atoms with Crippen LogP contribution in [0.25, 0.3) is 0 Å². The van der Waals surface area contributed by atoms with Gasteiger partial charge in [-0.05, 0) is 43.7 Å². The molecule has 3 nitrogen and oxygen atoms in total. The van der Waals surface area contributed by atoms with Crippen LogP contribution in [0.5, 0.6) is 0 Å². The predicted molar refractivity (Wildman–Crippen MR) is 92.7 cm³/mol. The van der Waals surface area contributed by atoms with Gasteiger partial charge in [0.15, 0.2) is 0 Å². The van der Waals surface area contributed by atoms with Crippen molar-refractivity contribution in [1.82, 2.24) is 0 Å². The topological polar surface area (TPSA) is 38.3 Å². The highest BCUT2D eigenvalue weighted by molar-refractivity contribution is 9.10. The molecule has 116 valence electrons. The van der Waals surface area contributed by atoms with Gasteiger partial charge in [0.2, 0.25) is 0 Å². The number of benzene rings is 2. The Morgan fingerprint density at radius 1 is 1.09 bits per heavy atom. The van der Waals surface area contributed by atoms with Crippen LogP contribution in [0.3, 0.4) is 0 Å². The fourth-order valence-electron chi connectivity index (χ4n) is 2.42. The maximum absolute atomic E-state index is 12.2. The molecular weight excluding hydrogens is 342 g/mol. The number of hydrogen-bond acceptors (Lipinski definition) is 3. The highest BCUT2D eigenvalue weighted by Crippen LogP contribution is 2.37. The number of ether oxygens (including phenoxy) is 1. The minimum atomic E-state index is -0.710. The quantitative estimate of drug-likeness (QED) is 0.777. The van der Waals surface area contributed by atoms with Gasteiger partial charge in [0, 0.05) is 10.2 Å². The zero-order valence-corrected chi connectivity index (χ0v) is 14.6.